The number of ether oxygens (including phenoxy) is 1. The summed E-state index contributed by atoms with van der Waals surface area (Å²) in [6, 6.07) is 9.32. The van der Waals surface area contributed by atoms with Gasteiger partial charge in [-0.05, 0) is 36.9 Å². The molecule has 96 valence electrons. The summed E-state index contributed by atoms with van der Waals surface area (Å²) in [6.07, 6.45) is 1.06. The summed E-state index contributed by atoms with van der Waals surface area (Å²) in [4.78, 5) is 0. The first-order valence-corrected chi connectivity index (χ1v) is 6.47. The lowest BCUT2D eigenvalue weighted by atomic mass is 9.99. The Morgan fingerprint density at radius 1 is 1.06 bits per heavy atom. The van der Waals surface area contributed by atoms with E-state index in [1.165, 1.54) is 11.1 Å². The molecule has 0 heterocycles. The highest BCUT2D eigenvalue weighted by atomic mass is 16.5. The van der Waals surface area contributed by atoms with E-state index >= 15 is 0 Å². The van der Waals surface area contributed by atoms with Crippen LogP contribution in [0.3, 0.4) is 0 Å². The molecule has 0 aliphatic heterocycles. The van der Waals surface area contributed by atoms with Crippen LogP contribution in [-0.2, 0) is 4.74 Å². The van der Waals surface area contributed by atoms with Crippen LogP contribution < -0.4 is 5.32 Å². The second-order valence-corrected chi connectivity index (χ2v) is 4.84. The molecule has 0 radical (unpaired) electrons. The van der Waals surface area contributed by atoms with Crippen molar-refractivity contribution in [1.29, 1.82) is 0 Å². The van der Waals surface area contributed by atoms with E-state index in [9.17, 15) is 0 Å². The smallest absolute Gasteiger partial charge is 0.0474 e. The number of methoxy groups -OCH3 is 1. The fourth-order valence-corrected chi connectivity index (χ4v) is 1.82. The zero-order valence-electron chi connectivity index (χ0n) is 11.5. The van der Waals surface area contributed by atoms with Gasteiger partial charge in [-0.1, -0.05) is 38.1 Å². The zero-order valence-corrected chi connectivity index (χ0v) is 11.5. The van der Waals surface area contributed by atoms with Gasteiger partial charge in [-0.2, -0.15) is 0 Å². The topological polar surface area (TPSA) is 21.3 Å². The third kappa shape index (κ3) is 4.88. The number of rotatable bonds is 7. The molecule has 0 aromatic heterocycles. The third-order valence-electron chi connectivity index (χ3n) is 3.08. The van der Waals surface area contributed by atoms with Crippen molar-refractivity contribution in [2.24, 2.45) is 0 Å². The van der Waals surface area contributed by atoms with Gasteiger partial charge in [-0.25, -0.2) is 0 Å². The van der Waals surface area contributed by atoms with Crippen LogP contribution in [0.2, 0.25) is 0 Å². The molecule has 0 bridgehead atoms. The van der Waals surface area contributed by atoms with Gasteiger partial charge in [0.2, 0.25) is 0 Å². The molecule has 1 aromatic carbocycles. The maximum atomic E-state index is 5.03. The molecule has 0 saturated heterocycles. The molecule has 0 spiro atoms. The maximum absolute atomic E-state index is 5.03. The SMILES string of the molecule is COCCCNC(C)c1ccc(C(C)C)cc1. The molecule has 0 aliphatic carbocycles. The van der Waals surface area contributed by atoms with Gasteiger partial charge in [0.1, 0.15) is 0 Å². The summed E-state index contributed by atoms with van der Waals surface area (Å²) in [7, 11) is 1.74. The first-order valence-electron chi connectivity index (χ1n) is 6.47. The second kappa shape index (κ2) is 7.46. The van der Waals surface area contributed by atoms with E-state index in [0.717, 1.165) is 19.6 Å². The van der Waals surface area contributed by atoms with Crippen LogP contribution >= 0.6 is 0 Å². The summed E-state index contributed by atoms with van der Waals surface area (Å²) < 4.78 is 5.03. The van der Waals surface area contributed by atoms with Crippen LogP contribution in [0.15, 0.2) is 24.3 Å². The van der Waals surface area contributed by atoms with E-state index in [-0.39, 0.29) is 0 Å². The molecule has 0 amide bonds. The summed E-state index contributed by atoms with van der Waals surface area (Å²) >= 11 is 0. The molecule has 0 fully saturated rings. The van der Waals surface area contributed by atoms with Crippen LogP contribution in [0, 0.1) is 0 Å². The normalized spacial score (nSPS) is 13.0. The van der Waals surface area contributed by atoms with Gasteiger partial charge in [-0.15, -0.1) is 0 Å². The molecule has 17 heavy (non-hydrogen) atoms. The zero-order chi connectivity index (χ0) is 12.7. The van der Waals surface area contributed by atoms with Crippen LogP contribution in [0.5, 0.6) is 0 Å². The predicted octanol–water partition coefficient (Wildman–Crippen LogP) is 3.50. The van der Waals surface area contributed by atoms with Crippen molar-refractivity contribution in [3.05, 3.63) is 35.4 Å². The average molecular weight is 235 g/mol. The molecule has 1 N–H and O–H groups in total. The minimum absolute atomic E-state index is 0.410. The Bertz CT molecular complexity index is 305. The summed E-state index contributed by atoms with van der Waals surface area (Å²) in [6.45, 7) is 8.48. The molecule has 0 saturated carbocycles. The highest BCUT2D eigenvalue weighted by Gasteiger charge is 2.05. The monoisotopic (exact) mass is 235 g/mol. The molecular formula is C15H25NO. The van der Waals surface area contributed by atoms with Crippen molar-refractivity contribution < 1.29 is 4.74 Å². The molecule has 1 atom stereocenters. The standard InChI is InChI=1S/C15H25NO/c1-12(2)14-6-8-15(9-7-14)13(3)16-10-5-11-17-4/h6-9,12-13,16H,5,10-11H2,1-4H3. The van der Waals surface area contributed by atoms with E-state index in [0.29, 0.717) is 12.0 Å². The minimum Gasteiger partial charge on any atom is -0.385 e. The lowest BCUT2D eigenvalue weighted by molar-refractivity contribution is 0.193. The number of hydrogen-bond acceptors (Lipinski definition) is 2. The Labute approximate surface area is 105 Å². The van der Waals surface area contributed by atoms with E-state index in [1.807, 2.05) is 0 Å². The lowest BCUT2D eigenvalue weighted by Gasteiger charge is -2.15. The first-order chi connectivity index (χ1) is 8.15. The third-order valence-corrected chi connectivity index (χ3v) is 3.08. The van der Waals surface area contributed by atoms with Crippen molar-refractivity contribution in [2.45, 2.75) is 39.2 Å². The Morgan fingerprint density at radius 2 is 1.65 bits per heavy atom. The van der Waals surface area contributed by atoms with Gasteiger partial charge in [0.05, 0.1) is 0 Å². The van der Waals surface area contributed by atoms with Gasteiger partial charge >= 0.3 is 0 Å². The Hall–Kier alpha value is -0.860. The second-order valence-electron chi connectivity index (χ2n) is 4.84. The summed E-state index contributed by atoms with van der Waals surface area (Å²) in [5.41, 5.74) is 2.76. The van der Waals surface area contributed by atoms with Crippen molar-refractivity contribution in [2.75, 3.05) is 20.3 Å². The fraction of sp³-hybridized carbons (Fsp3) is 0.600. The van der Waals surface area contributed by atoms with Gasteiger partial charge in [-0.3, -0.25) is 0 Å². The van der Waals surface area contributed by atoms with Crippen LogP contribution in [0.1, 0.15) is 50.3 Å². The van der Waals surface area contributed by atoms with E-state index in [2.05, 4.69) is 50.4 Å². The van der Waals surface area contributed by atoms with E-state index in [4.69, 9.17) is 4.74 Å². The van der Waals surface area contributed by atoms with Gasteiger partial charge < -0.3 is 10.1 Å². The predicted molar refractivity (Wildman–Crippen MR) is 73.4 cm³/mol. The largest absolute Gasteiger partial charge is 0.385 e. The van der Waals surface area contributed by atoms with Crippen molar-refractivity contribution in [3.63, 3.8) is 0 Å². The Kier molecular flexibility index (Phi) is 6.23. The van der Waals surface area contributed by atoms with Gasteiger partial charge in [0.15, 0.2) is 0 Å². The van der Waals surface area contributed by atoms with E-state index < -0.39 is 0 Å². The molecule has 2 heteroatoms. The lowest BCUT2D eigenvalue weighted by Crippen LogP contribution is -2.20. The van der Waals surface area contributed by atoms with Gasteiger partial charge in [0.25, 0.3) is 0 Å². The van der Waals surface area contributed by atoms with E-state index in [1.54, 1.807) is 7.11 Å². The number of benzene rings is 1. The first kappa shape index (κ1) is 14.2. The van der Waals surface area contributed by atoms with Gasteiger partial charge in [0, 0.05) is 19.8 Å². The van der Waals surface area contributed by atoms with Crippen molar-refractivity contribution in [1.82, 2.24) is 5.32 Å². The molecule has 0 aliphatic rings. The molecular weight excluding hydrogens is 210 g/mol. The van der Waals surface area contributed by atoms with Crippen LogP contribution in [0.4, 0.5) is 0 Å². The number of nitrogens with one attached hydrogen (secondary N) is 1. The Balaban J connectivity index is 2.43. The maximum Gasteiger partial charge on any atom is 0.0474 e. The average Bonchev–Trinajstić information content (AvgIpc) is 2.34. The van der Waals surface area contributed by atoms with Crippen molar-refractivity contribution >= 4 is 0 Å². The van der Waals surface area contributed by atoms with Crippen LogP contribution in [0.25, 0.3) is 0 Å². The molecule has 2 nitrogen and oxygen atoms in total. The van der Waals surface area contributed by atoms with Crippen LogP contribution in [-0.4, -0.2) is 20.3 Å². The Morgan fingerprint density at radius 3 is 2.18 bits per heavy atom. The summed E-state index contributed by atoms with van der Waals surface area (Å²) in [5, 5.41) is 3.50. The molecule has 1 aromatic rings. The highest BCUT2D eigenvalue weighted by Crippen LogP contribution is 2.18. The van der Waals surface area contributed by atoms with Crippen molar-refractivity contribution in [3.8, 4) is 0 Å². The fourth-order valence-electron chi connectivity index (χ4n) is 1.82. The summed E-state index contributed by atoms with van der Waals surface area (Å²) in [5.74, 6) is 0.606. The minimum atomic E-state index is 0.410. The number of hydrogen-bond donors (Lipinski definition) is 1. The quantitative estimate of drug-likeness (QED) is 0.730. The highest BCUT2D eigenvalue weighted by molar-refractivity contribution is 5.26. The molecule has 1 rings (SSSR count). The molecule has 1 unspecified atom stereocenters.